The predicted molar refractivity (Wildman–Crippen MR) is 71.4 cm³/mol. The van der Waals surface area contributed by atoms with Gasteiger partial charge in [-0.25, -0.2) is 18.2 Å². The molecule has 19 heavy (non-hydrogen) atoms. The standard InChI is InChI=1S/C11H8ClNO4S2/c12-10-2-1-8(3-9(10)11(14)15)19(16,17)5-7-4-18-6-13-7/h1-4,6H,5H2,(H,14,15). The number of aromatic nitrogens is 1. The van der Waals surface area contributed by atoms with Crippen LogP contribution in [0.3, 0.4) is 0 Å². The molecule has 0 amide bonds. The van der Waals surface area contributed by atoms with Crippen LogP contribution >= 0.6 is 22.9 Å². The second-order valence-electron chi connectivity index (χ2n) is 3.69. The number of nitrogens with zero attached hydrogens (tertiary/aromatic N) is 1. The Morgan fingerprint density at radius 1 is 1.42 bits per heavy atom. The van der Waals surface area contributed by atoms with Crippen molar-refractivity contribution in [1.29, 1.82) is 0 Å². The van der Waals surface area contributed by atoms with Gasteiger partial charge >= 0.3 is 5.97 Å². The summed E-state index contributed by atoms with van der Waals surface area (Å²) in [6, 6.07) is 3.61. The van der Waals surface area contributed by atoms with Crippen LogP contribution in [0.15, 0.2) is 34.0 Å². The molecule has 0 saturated carbocycles. The Kier molecular flexibility index (Phi) is 3.88. The first-order valence-corrected chi connectivity index (χ1v) is 8.00. The quantitative estimate of drug-likeness (QED) is 0.936. The molecular formula is C11H8ClNO4S2. The monoisotopic (exact) mass is 317 g/mol. The van der Waals surface area contributed by atoms with Crippen molar-refractivity contribution < 1.29 is 18.3 Å². The van der Waals surface area contributed by atoms with E-state index in [0.29, 0.717) is 5.69 Å². The van der Waals surface area contributed by atoms with E-state index in [4.69, 9.17) is 16.7 Å². The number of thiazole rings is 1. The smallest absolute Gasteiger partial charge is 0.337 e. The zero-order chi connectivity index (χ0) is 14.0. The predicted octanol–water partition coefficient (Wildman–Crippen LogP) is 2.47. The van der Waals surface area contributed by atoms with Gasteiger partial charge in [0.1, 0.15) is 0 Å². The Morgan fingerprint density at radius 2 is 2.16 bits per heavy atom. The van der Waals surface area contributed by atoms with Gasteiger partial charge in [-0.3, -0.25) is 0 Å². The van der Waals surface area contributed by atoms with Crippen molar-refractivity contribution in [2.45, 2.75) is 10.6 Å². The molecule has 8 heteroatoms. The molecule has 1 heterocycles. The van der Waals surface area contributed by atoms with Crippen LogP contribution in [0.4, 0.5) is 0 Å². The molecular weight excluding hydrogens is 310 g/mol. The molecule has 0 radical (unpaired) electrons. The lowest BCUT2D eigenvalue weighted by Crippen LogP contribution is -2.07. The van der Waals surface area contributed by atoms with Crippen LogP contribution in [0.1, 0.15) is 16.1 Å². The van der Waals surface area contributed by atoms with Crippen LogP contribution in [0.5, 0.6) is 0 Å². The Morgan fingerprint density at radius 3 is 2.74 bits per heavy atom. The van der Waals surface area contributed by atoms with Crippen molar-refractivity contribution in [3.63, 3.8) is 0 Å². The maximum absolute atomic E-state index is 12.1. The number of hydrogen-bond donors (Lipinski definition) is 1. The first kappa shape index (κ1) is 14.0. The SMILES string of the molecule is O=C(O)c1cc(S(=O)(=O)Cc2cscn2)ccc1Cl. The van der Waals surface area contributed by atoms with Crippen LogP contribution in [0.25, 0.3) is 0 Å². The van der Waals surface area contributed by atoms with E-state index in [2.05, 4.69) is 4.98 Å². The number of halogens is 1. The second-order valence-corrected chi connectivity index (χ2v) is 6.80. The number of benzene rings is 1. The van der Waals surface area contributed by atoms with Crippen LogP contribution < -0.4 is 0 Å². The fourth-order valence-electron chi connectivity index (χ4n) is 1.45. The van der Waals surface area contributed by atoms with Gasteiger partial charge in [-0.2, -0.15) is 0 Å². The maximum Gasteiger partial charge on any atom is 0.337 e. The highest BCUT2D eigenvalue weighted by Gasteiger charge is 2.19. The van der Waals surface area contributed by atoms with Crippen LogP contribution in [-0.4, -0.2) is 24.5 Å². The summed E-state index contributed by atoms with van der Waals surface area (Å²) in [5.74, 6) is -1.53. The van der Waals surface area contributed by atoms with E-state index in [1.807, 2.05) is 0 Å². The lowest BCUT2D eigenvalue weighted by molar-refractivity contribution is 0.0697. The van der Waals surface area contributed by atoms with Gasteiger partial charge in [0.25, 0.3) is 0 Å². The lowest BCUT2D eigenvalue weighted by Gasteiger charge is -2.05. The van der Waals surface area contributed by atoms with E-state index in [-0.39, 0.29) is 21.2 Å². The number of sulfone groups is 1. The van der Waals surface area contributed by atoms with Crippen LogP contribution in [0.2, 0.25) is 5.02 Å². The topological polar surface area (TPSA) is 84.3 Å². The highest BCUT2D eigenvalue weighted by molar-refractivity contribution is 7.90. The molecule has 0 atom stereocenters. The number of hydrogen-bond acceptors (Lipinski definition) is 5. The van der Waals surface area contributed by atoms with E-state index in [9.17, 15) is 13.2 Å². The van der Waals surface area contributed by atoms with Crippen molar-refractivity contribution in [1.82, 2.24) is 4.98 Å². The van der Waals surface area contributed by atoms with E-state index >= 15 is 0 Å². The fourth-order valence-corrected chi connectivity index (χ4v) is 3.60. The Balaban J connectivity index is 2.41. The average Bonchev–Trinajstić information content (AvgIpc) is 2.80. The van der Waals surface area contributed by atoms with Crippen molar-refractivity contribution in [2.75, 3.05) is 0 Å². The van der Waals surface area contributed by atoms with E-state index < -0.39 is 15.8 Å². The van der Waals surface area contributed by atoms with Gasteiger partial charge in [0.05, 0.1) is 32.4 Å². The molecule has 0 aliphatic rings. The third-order valence-corrected chi connectivity index (χ3v) is 4.96. The summed E-state index contributed by atoms with van der Waals surface area (Å²) in [6.07, 6.45) is 0. The molecule has 0 unspecified atom stereocenters. The van der Waals surface area contributed by atoms with Crippen molar-refractivity contribution in [3.05, 3.63) is 45.4 Å². The molecule has 0 aliphatic heterocycles. The molecule has 5 nitrogen and oxygen atoms in total. The summed E-state index contributed by atoms with van der Waals surface area (Å²) >= 11 is 6.99. The van der Waals surface area contributed by atoms with Gasteiger partial charge in [-0.05, 0) is 18.2 Å². The molecule has 0 bridgehead atoms. The van der Waals surface area contributed by atoms with Crippen molar-refractivity contribution >= 4 is 38.7 Å². The van der Waals surface area contributed by atoms with E-state index in [1.165, 1.54) is 29.0 Å². The zero-order valence-electron chi connectivity index (χ0n) is 9.41. The van der Waals surface area contributed by atoms with E-state index in [1.54, 1.807) is 5.38 Å². The fraction of sp³-hybridized carbons (Fsp3) is 0.0909. The van der Waals surface area contributed by atoms with Crippen LogP contribution in [0, 0.1) is 0 Å². The van der Waals surface area contributed by atoms with Gasteiger partial charge in [0.2, 0.25) is 0 Å². The minimum Gasteiger partial charge on any atom is -0.478 e. The zero-order valence-corrected chi connectivity index (χ0v) is 11.8. The molecule has 0 fully saturated rings. The minimum atomic E-state index is -3.63. The van der Waals surface area contributed by atoms with E-state index in [0.717, 1.165) is 6.07 Å². The molecule has 2 rings (SSSR count). The molecule has 1 aromatic carbocycles. The normalized spacial score (nSPS) is 11.4. The number of carboxylic acids is 1. The Labute approximate surface area is 118 Å². The summed E-state index contributed by atoms with van der Waals surface area (Å²) in [5.41, 5.74) is 1.73. The average molecular weight is 318 g/mol. The van der Waals surface area contributed by atoms with Gasteiger partial charge in [0.15, 0.2) is 9.84 Å². The number of carbonyl (C=O) groups is 1. The summed E-state index contributed by atoms with van der Waals surface area (Å²) in [6.45, 7) is 0. The summed E-state index contributed by atoms with van der Waals surface area (Å²) in [5, 5.41) is 10.6. The van der Waals surface area contributed by atoms with Crippen molar-refractivity contribution in [3.8, 4) is 0 Å². The molecule has 1 aromatic heterocycles. The molecule has 0 saturated heterocycles. The molecule has 100 valence electrons. The number of carboxylic acid groups (broad SMARTS) is 1. The molecule has 0 spiro atoms. The lowest BCUT2D eigenvalue weighted by atomic mass is 10.2. The molecule has 0 aliphatic carbocycles. The molecule has 1 N–H and O–H groups in total. The molecule has 2 aromatic rings. The highest BCUT2D eigenvalue weighted by atomic mass is 35.5. The summed E-state index contributed by atoms with van der Waals surface area (Å²) in [4.78, 5) is 14.7. The Hall–Kier alpha value is -1.44. The van der Waals surface area contributed by atoms with Crippen molar-refractivity contribution in [2.24, 2.45) is 0 Å². The second kappa shape index (κ2) is 5.28. The first-order valence-electron chi connectivity index (χ1n) is 5.03. The largest absolute Gasteiger partial charge is 0.478 e. The highest BCUT2D eigenvalue weighted by Crippen LogP contribution is 2.23. The number of aromatic carboxylic acids is 1. The van der Waals surface area contributed by atoms with Gasteiger partial charge in [-0.1, -0.05) is 11.6 Å². The van der Waals surface area contributed by atoms with Gasteiger partial charge < -0.3 is 5.11 Å². The summed E-state index contributed by atoms with van der Waals surface area (Å²) < 4.78 is 24.2. The van der Waals surface area contributed by atoms with Crippen LogP contribution in [-0.2, 0) is 15.6 Å². The van der Waals surface area contributed by atoms with Gasteiger partial charge in [0, 0.05) is 5.38 Å². The summed E-state index contributed by atoms with van der Waals surface area (Å²) in [7, 11) is -3.63. The Bertz CT molecular complexity index is 710. The maximum atomic E-state index is 12.1. The third-order valence-electron chi connectivity index (χ3n) is 2.35. The minimum absolute atomic E-state index is 0.000100. The van der Waals surface area contributed by atoms with Gasteiger partial charge in [-0.15, -0.1) is 11.3 Å². The first-order chi connectivity index (χ1) is 8.90. The third kappa shape index (κ3) is 3.12. The number of rotatable bonds is 4.